The maximum atomic E-state index is 12.4. The third-order valence-corrected chi connectivity index (χ3v) is 1.22. The number of rotatable bonds is 1. The van der Waals surface area contributed by atoms with Crippen LogP contribution in [-0.2, 0) is 0 Å². The summed E-state index contributed by atoms with van der Waals surface area (Å²) in [5.41, 5.74) is -0.513. The van der Waals surface area contributed by atoms with Crippen LogP contribution in [0.15, 0.2) is 16.9 Å². The zero-order chi connectivity index (χ0) is 8.43. The molecule has 4 heteroatoms. The molecule has 0 aliphatic rings. The van der Waals surface area contributed by atoms with Gasteiger partial charge < -0.3 is 0 Å². The Hall–Kier alpha value is -1.45. The van der Waals surface area contributed by atoms with Crippen LogP contribution in [0.4, 0.5) is 4.39 Å². The minimum Gasteiger partial charge on any atom is -0.299 e. The number of carbonyl (C=O) groups is 1. The zero-order valence-electron chi connectivity index (χ0n) is 5.85. The Balaban J connectivity index is 3.30. The lowest BCUT2D eigenvalue weighted by Crippen LogP contribution is -2.09. The van der Waals surface area contributed by atoms with Gasteiger partial charge >= 0.3 is 0 Å². The summed E-state index contributed by atoms with van der Waals surface area (Å²) in [7, 11) is 0. The van der Waals surface area contributed by atoms with E-state index in [0.717, 1.165) is 12.1 Å². The Morgan fingerprint density at radius 1 is 1.55 bits per heavy atom. The van der Waals surface area contributed by atoms with E-state index in [1.54, 1.807) is 0 Å². The van der Waals surface area contributed by atoms with Crippen molar-refractivity contribution in [2.24, 2.45) is 0 Å². The normalized spacial score (nSPS) is 9.64. The Kier molecular flexibility index (Phi) is 1.85. The highest BCUT2D eigenvalue weighted by atomic mass is 19.1. The Morgan fingerprint density at radius 3 is 2.64 bits per heavy atom. The molecule has 0 bridgehead atoms. The van der Waals surface area contributed by atoms with Crippen molar-refractivity contribution in [3.05, 3.63) is 34.0 Å². The first kappa shape index (κ1) is 7.65. The molecule has 0 aliphatic carbocycles. The van der Waals surface area contributed by atoms with Gasteiger partial charge in [0.2, 0.25) is 0 Å². The number of hydrogen-bond donors (Lipinski definition) is 1. The molecule has 3 nitrogen and oxygen atoms in total. The number of pyridine rings is 1. The summed E-state index contributed by atoms with van der Waals surface area (Å²) >= 11 is 0. The second kappa shape index (κ2) is 2.65. The summed E-state index contributed by atoms with van der Waals surface area (Å²) in [6.07, 6.45) is 0. The highest BCUT2D eigenvalue weighted by Gasteiger charge is 2.01. The van der Waals surface area contributed by atoms with Crippen molar-refractivity contribution in [2.45, 2.75) is 6.92 Å². The van der Waals surface area contributed by atoms with Gasteiger partial charge in [0.1, 0.15) is 0 Å². The van der Waals surface area contributed by atoms with Crippen molar-refractivity contribution in [1.29, 1.82) is 0 Å². The van der Waals surface area contributed by atoms with Gasteiger partial charge in [0, 0.05) is 17.7 Å². The van der Waals surface area contributed by atoms with Gasteiger partial charge in [-0.2, -0.15) is 4.39 Å². The fourth-order valence-corrected chi connectivity index (χ4v) is 0.713. The van der Waals surface area contributed by atoms with E-state index in [0.29, 0.717) is 0 Å². The maximum Gasteiger partial charge on any atom is 0.250 e. The lowest BCUT2D eigenvalue weighted by atomic mass is 10.2. The van der Waals surface area contributed by atoms with Crippen molar-refractivity contribution < 1.29 is 9.18 Å². The molecule has 1 rings (SSSR count). The number of aromatic amines is 1. The predicted molar refractivity (Wildman–Crippen MR) is 37.0 cm³/mol. The van der Waals surface area contributed by atoms with Crippen LogP contribution < -0.4 is 5.56 Å². The van der Waals surface area contributed by atoms with E-state index in [9.17, 15) is 14.0 Å². The van der Waals surface area contributed by atoms with E-state index in [2.05, 4.69) is 0 Å². The highest BCUT2D eigenvalue weighted by Crippen LogP contribution is 1.97. The minimum absolute atomic E-state index is 0.0891. The lowest BCUT2D eigenvalue weighted by molar-refractivity contribution is 0.101. The molecule has 1 heterocycles. The monoisotopic (exact) mass is 155 g/mol. The van der Waals surface area contributed by atoms with E-state index >= 15 is 0 Å². The maximum absolute atomic E-state index is 12.4. The van der Waals surface area contributed by atoms with Crippen LogP contribution in [0.5, 0.6) is 0 Å². The van der Waals surface area contributed by atoms with E-state index in [1.165, 1.54) is 6.92 Å². The largest absolute Gasteiger partial charge is 0.299 e. The highest BCUT2D eigenvalue weighted by molar-refractivity contribution is 5.93. The first-order chi connectivity index (χ1) is 5.09. The van der Waals surface area contributed by atoms with Gasteiger partial charge in [-0.15, -0.1) is 0 Å². The summed E-state index contributed by atoms with van der Waals surface area (Å²) in [5.74, 6) is -1.11. The van der Waals surface area contributed by atoms with E-state index in [4.69, 9.17) is 0 Å². The standard InChI is InChI=1S/C7H6FNO2/c1-4(10)5-2-6(8)9-7(11)3-5/h2-3H,1H3,(H,9,11). The Bertz CT molecular complexity index is 343. The molecular formula is C7H6FNO2. The minimum atomic E-state index is -0.789. The van der Waals surface area contributed by atoms with Gasteiger partial charge in [-0.25, -0.2) is 0 Å². The quantitative estimate of drug-likeness (QED) is 0.479. The number of ketones is 1. The van der Waals surface area contributed by atoms with Crippen LogP contribution in [0.1, 0.15) is 17.3 Å². The van der Waals surface area contributed by atoms with Crippen LogP contribution in [-0.4, -0.2) is 10.8 Å². The molecule has 1 N–H and O–H groups in total. The van der Waals surface area contributed by atoms with E-state index in [-0.39, 0.29) is 11.3 Å². The molecule has 0 atom stereocenters. The predicted octanol–water partition coefficient (Wildman–Crippen LogP) is 0.717. The second-order valence-electron chi connectivity index (χ2n) is 2.14. The SMILES string of the molecule is CC(=O)c1cc(F)[nH]c(=O)c1. The average Bonchev–Trinajstić information content (AvgIpc) is 1.85. The summed E-state index contributed by atoms with van der Waals surface area (Å²) in [4.78, 5) is 23.1. The van der Waals surface area contributed by atoms with Crippen molar-refractivity contribution in [2.75, 3.05) is 0 Å². The zero-order valence-corrected chi connectivity index (χ0v) is 5.85. The second-order valence-corrected chi connectivity index (χ2v) is 2.14. The molecule has 0 spiro atoms. The van der Waals surface area contributed by atoms with Crippen LogP contribution in [0, 0.1) is 5.95 Å². The molecule has 0 fully saturated rings. The van der Waals surface area contributed by atoms with Crippen molar-refractivity contribution in [1.82, 2.24) is 4.98 Å². The molecule has 0 saturated carbocycles. The molecule has 11 heavy (non-hydrogen) atoms. The fraction of sp³-hybridized carbons (Fsp3) is 0.143. The molecule has 58 valence electrons. The van der Waals surface area contributed by atoms with Crippen LogP contribution >= 0.6 is 0 Å². The number of nitrogens with one attached hydrogen (secondary N) is 1. The number of Topliss-reactive ketones (excluding diaryl/α,β-unsaturated/α-hetero) is 1. The van der Waals surface area contributed by atoms with E-state index < -0.39 is 11.5 Å². The summed E-state index contributed by atoms with van der Waals surface area (Å²) in [6.45, 7) is 1.27. The molecular weight excluding hydrogens is 149 g/mol. The number of halogens is 1. The van der Waals surface area contributed by atoms with Gasteiger partial charge in [0.05, 0.1) is 0 Å². The van der Waals surface area contributed by atoms with Gasteiger partial charge in [-0.1, -0.05) is 0 Å². The summed E-state index contributed by atoms with van der Waals surface area (Å²) < 4.78 is 12.4. The van der Waals surface area contributed by atoms with Crippen LogP contribution in [0.3, 0.4) is 0 Å². The number of H-pyrrole nitrogens is 1. The number of aromatic nitrogens is 1. The average molecular weight is 155 g/mol. The van der Waals surface area contributed by atoms with Gasteiger partial charge in [0.15, 0.2) is 11.7 Å². The molecule has 1 aromatic heterocycles. The van der Waals surface area contributed by atoms with Crippen LogP contribution in [0.2, 0.25) is 0 Å². The number of hydrogen-bond acceptors (Lipinski definition) is 2. The third kappa shape index (κ3) is 1.73. The first-order valence-electron chi connectivity index (χ1n) is 3.00. The van der Waals surface area contributed by atoms with Gasteiger partial charge in [0.25, 0.3) is 5.56 Å². The van der Waals surface area contributed by atoms with Crippen molar-refractivity contribution in [3.63, 3.8) is 0 Å². The van der Waals surface area contributed by atoms with Crippen LogP contribution in [0.25, 0.3) is 0 Å². The Morgan fingerprint density at radius 2 is 2.18 bits per heavy atom. The Labute approximate surface area is 61.9 Å². The van der Waals surface area contributed by atoms with Gasteiger partial charge in [-0.05, 0) is 6.92 Å². The van der Waals surface area contributed by atoms with Crippen molar-refractivity contribution in [3.8, 4) is 0 Å². The molecule has 1 aromatic rings. The van der Waals surface area contributed by atoms with Gasteiger partial charge in [-0.3, -0.25) is 14.6 Å². The third-order valence-electron chi connectivity index (χ3n) is 1.22. The molecule has 0 aromatic carbocycles. The fourth-order valence-electron chi connectivity index (χ4n) is 0.713. The number of carbonyl (C=O) groups excluding carboxylic acids is 1. The smallest absolute Gasteiger partial charge is 0.250 e. The molecule has 0 radical (unpaired) electrons. The molecule has 0 saturated heterocycles. The van der Waals surface area contributed by atoms with Crippen molar-refractivity contribution >= 4 is 5.78 Å². The first-order valence-corrected chi connectivity index (χ1v) is 3.00. The van der Waals surface area contributed by atoms with E-state index in [1.807, 2.05) is 4.98 Å². The molecule has 0 unspecified atom stereocenters. The topological polar surface area (TPSA) is 49.9 Å². The summed E-state index contributed by atoms with van der Waals surface area (Å²) in [5, 5.41) is 0. The lowest BCUT2D eigenvalue weighted by Gasteiger charge is -1.92. The summed E-state index contributed by atoms with van der Waals surface area (Å²) in [6, 6.07) is 2.05. The molecule has 0 amide bonds. The molecule has 0 aliphatic heterocycles.